The van der Waals surface area contributed by atoms with Gasteiger partial charge in [-0.25, -0.2) is 9.79 Å². The van der Waals surface area contributed by atoms with Crippen LogP contribution in [-0.2, 0) is 9.53 Å². The molecule has 0 aromatic heterocycles. The van der Waals surface area contributed by atoms with Gasteiger partial charge in [-0.15, -0.1) is 0 Å². The molecule has 1 aliphatic heterocycles. The first kappa shape index (κ1) is 16.9. The number of carbonyl (C=O) groups is 1. The Kier molecular flexibility index (Phi) is 4.18. The largest absolute Gasteiger partial charge is 0.402 e. The lowest BCUT2D eigenvalue weighted by Gasteiger charge is -2.01. The van der Waals surface area contributed by atoms with E-state index in [1.54, 1.807) is 6.08 Å². The van der Waals surface area contributed by atoms with Crippen LogP contribution in [0.2, 0.25) is 5.02 Å². The van der Waals surface area contributed by atoms with Crippen molar-refractivity contribution in [3.8, 4) is 0 Å². The Labute approximate surface area is 158 Å². The molecule has 27 heavy (non-hydrogen) atoms. The molecule has 1 heterocycles. The number of halogens is 1. The Morgan fingerprint density at radius 1 is 1.07 bits per heavy atom. The second-order valence-electron chi connectivity index (χ2n) is 5.83. The molecule has 0 bridgehead atoms. The van der Waals surface area contributed by atoms with Crippen LogP contribution >= 0.6 is 11.6 Å². The smallest absolute Gasteiger partial charge is 0.363 e. The van der Waals surface area contributed by atoms with Crippen LogP contribution in [0.3, 0.4) is 0 Å². The van der Waals surface area contributed by atoms with Crippen LogP contribution in [0.15, 0.2) is 71.4 Å². The molecule has 7 heteroatoms. The highest BCUT2D eigenvalue weighted by Gasteiger charge is 2.26. The first-order valence-electron chi connectivity index (χ1n) is 7.97. The average molecular weight is 379 g/mol. The van der Waals surface area contributed by atoms with Crippen LogP contribution in [0.4, 0.5) is 5.69 Å². The van der Waals surface area contributed by atoms with Gasteiger partial charge in [0.15, 0.2) is 5.70 Å². The van der Waals surface area contributed by atoms with Crippen molar-refractivity contribution in [2.24, 2.45) is 4.99 Å². The summed E-state index contributed by atoms with van der Waals surface area (Å²) < 4.78 is 5.20. The summed E-state index contributed by atoms with van der Waals surface area (Å²) in [5.41, 5.74) is 0.978. The number of fused-ring (bicyclic) bond motifs is 1. The number of hydrogen-bond donors (Lipinski definition) is 0. The summed E-state index contributed by atoms with van der Waals surface area (Å²) in [6.45, 7) is 0. The SMILES string of the molecule is O=C1OC(c2ccc(Cl)c([N+](=O)[O-])c2)=N/C1=C\c1cccc2ccccc12. The highest BCUT2D eigenvalue weighted by molar-refractivity contribution is 6.32. The third-order valence-corrected chi connectivity index (χ3v) is 4.45. The van der Waals surface area contributed by atoms with Crippen molar-refractivity contribution in [1.82, 2.24) is 0 Å². The van der Waals surface area contributed by atoms with Crippen molar-refractivity contribution in [2.75, 3.05) is 0 Å². The van der Waals surface area contributed by atoms with Crippen molar-refractivity contribution in [2.45, 2.75) is 0 Å². The van der Waals surface area contributed by atoms with Crippen LogP contribution < -0.4 is 0 Å². The molecule has 6 nitrogen and oxygen atoms in total. The summed E-state index contributed by atoms with van der Waals surface area (Å²) >= 11 is 5.82. The lowest BCUT2D eigenvalue weighted by atomic mass is 10.0. The van der Waals surface area contributed by atoms with E-state index in [9.17, 15) is 14.9 Å². The Morgan fingerprint density at radius 3 is 2.67 bits per heavy atom. The molecular formula is C20H11ClN2O4. The number of esters is 1. The Bertz CT molecular complexity index is 1160. The second kappa shape index (κ2) is 6.66. The van der Waals surface area contributed by atoms with Crippen molar-refractivity contribution >= 4 is 46.0 Å². The maximum absolute atomic E-state index is 12.2. The molecule has 0 amide bonds. The Hall–Kier alpha value is -3.51. The van der Waals surface area contributed by atoms with E-state index < -0.39 is 10.9 Å². The molecule has 3 aromatic rings. The molecule has 3 aromatic carbocycles. The van der Waals surface area contributed by atoms with Gasteiger partial charge in [0.2, 0.25) is 5.90 Å². The number of benzene rings is 3. The molecular weight excluding hydrogens is 368 g/mol. The van der Waals surface area contributed by atoms with Crippen molar-refractivity contribution < 1.29 is 14.5 Å². The molecule has 0 N–H and O–H groups in total. The summed E-state index contributed by atoms with van der Waals surface area (Å²) in [4.78, 5) is 26.9. The zero-order valence-electron chi connectivity index (χ0n) is 13.8. The van der Waals surface area contributed by atoms with E-state index in [1.807, 2.05) is 42.5 Å². The summed E-state index contributed by atoms with van der Waals surface area (Å²) in [7, 11) is 0. The fourth-order valence-corrected chi connectivity index (χ4v) is 3.03. The molecule has 1 aliphatic rings. The van der Waals surface area contributed by atoms with E-state index in [2.05, 4.69) is 4.99 Å². The van der Waals surface area contributed by atoms with E-state index in [1.165, 1.54) is 18.2 Å². The lowest BCUT2D eigenvalue weighted by Crippen LogP contribution is -2.06. The van der Waals surface area contributed by atoms with Gasteiger partial charge >= 0.3 is 5.97 Å². The second-order valence-corrected chi connectivity index (χ2v) is 6.23. The fraction of sp³-hybridized carbons (Fsp3) is 0. The highest BCUT2D eigenvalue weighted by atomic mass is 35.5. The summed E-state index contributed by atoms with van der Waals surface area (Å²) in [6, 6.07) is 17.7. The zero-order valence-corrected chi connectivity index (χ0v) is 14.5. The van der Waals surface area contributed by atoms with Gasteiger partial charge in [0.25, 0.3) is 5.69 Å². The maximum atomic E-state index is 12.2. The van der Waals surface area contributed by atoms with Gasteiger partial charge in [0.05, 0.1) is 4.92 Å². The van der Waals surface area contributed by atoms with Gasteiger partial charge in [-0.3, -0.25) is 10.1 Å². The van der Waals surface area contributed by atoms with E-state index >= 15 is 0 Å². The minimum Gasteiger partial charge on any atom is -0.402 e. The van der Waals surface area contributed by atoms with E-state index in [-0.39, 0.29) is 22.3 Å². The molecule has 132 valence electrons. The average Bonchev–Trinajstić information content (AvgIpc) is 3.03. The summed E-state index contributed by atoms with van der Waals surface area (Å²) in [5, 5.41) is 13.1. The van der Waals surface area contributed by atoms with Crippen LogP contribution in [0.25, 0.3) is 16.8 Å². The van der Waals surface area contributed by atoms with Crippen molar-refractivity contribution in [3.63, 3.8) is 0 Å². The third kappa shape index (κ3) is 3.18. The van der Waals surface area contributed by atoms with Crippen LogP contribution in [-0.4, -0.2) is 16.8 Å². The number of cyclic esters (lactones) is 1. The minimum absolute atomic E-state index is 0.000180. The molecule has 4 rings (SSSR count). The number of nitro groups is 1. The molecule has 0 radical (unpaired) electrons. The van der Waals surface area contributed by atoms with Crippen molar-refractivity contribution in [1.29, 1.82) is 0 Å². The first-order valence-corrected chi connectivity index (χ1v) is 8.35. The fourth-order valence-electron chi connectivity index (χ4n) is 2.84. The normalized spacial score (nSPS) is 15.1. The summed E-state index contributed by atoms with van der Waals surface area (Å²) in [5.74, 6) is -0.609. The molecule has 0 atom stereocenters. The van der Waals surface area contributed by atoms with Gasteiger partial charge in [-0.2, -0.15) is 0 Å². The monoisotopic (exact) mass is 378 g/mol. The van der Waals surface area contributed by atoms with Gasteiger partial charge in [0, 0.05) is 11.6 Å². The number of carbonyl (C=O) groups excluding carboxylic acids is 1. The van der Waals surface area contributed by atoms with Crippen LogP contribution in [0.1, 0.15) is 11.1 Å². The number of hydrogen-bond acceptors (Lipinski definition) is 5. The Balaban J connectivity index is 1.76. The predicted molar refractivity (Wildman–Crippen MR) is 103 cm³/mol. The standard InChI is InChI=1S/C20H11ClN2O4/c21-16-9-8-14(11-18(16)23(25)26)19-22-17(20(24)27-19)10-13-6-3-5-12-4-1-2-7-15(12)13/h1-11H/b17-10-. The van der Waals surface area contributed by atoms with Gasteiger partial charge in [-0.1, -0.05) is 54.1 Å². The molecule has 0 aliphatic carbocycles. The van der Waals surface area contributed by atoms with Crippen molar-refractivity contribution in [3.05, 3.63) is 92.6 Å². The maximum Gasteiger partial charge on any atom is 0.363 e. The van der Waals surface area contributed by atoms with E-state index in [0.29, 0.717) is 5.56 Å². The molecule has 0 saturated carbocycles. The van der Waals surface area contributed by atoms with E-state index in [0.717, 1.165) is 16.3 Å². The third-order valence-electron chi connectivity index (χ3n) is 4.13. The number of nitrogens with zero attached hydrogens (tertiary/aromatic N) is 2. The summed E-state index contributed by atoms with van der Waals surface area (Å²) in [6.07, 6.45) is 1.64. The van der Waals surface area contributed by atoms with E-state index in [4.69, 9.17) is 16.3 Å². The topological polar surface area (TPSA) is 81.8 Å². The number of rotatable bonds is 3. The Morgan fingerprint density at radius 2 is 1.85 bits per heavy atom. The molecule has 0 spiro atoms. The van der Waals surface area contributed by atoms with Gasteiger partial charge < -0.3 is 4.74 Å². The number of nitro benzene ring substituents is 1. The number of ether oxygens (including phenoxy) is 1. The van der Waals surface area contributed by atoms with Gasteiger partial charge in [-0.05, 0) is 34.5 Å². The van der Waals surface area contributed by atoms with Crippen LogP contribution in [0, 0.1) is 10.1 Å². The van der Waals surface area contributed by atoms with Crippen LogP contribution in [0.5, 0.6) is 0 Å². The predicted octanol–water partition coefficient (Wildman–Crippen LogP) is 4.75. The highest BCUT2D eigenvalue weighted by Crippen LogP contribution is 2.28. The first-order chi connectivity index (χ1) is 13.0. The molecule has 0 saturated heterocycles. The van der Waals surface area contributed by atoms with Gasteiger partial charge in [0.1, 0.15) is 5.02 Å². The quantitative estimate of drug-likeness (QED) is 0.285. The minimum atomic E-state index is -0.615. The number of aliphatic imine (C=N–C) groups is 1. The lowest BCUT2D eigenvalue weighted by molar-refractivity contribution is -0.384. The molecule has 0 fully saturated rings. The zero-order chi connectivity index (χ0) is 19.0. The molecule has 0 unspecified atom stereocenters.